The Morgan fingerprint density at radius 1 is 0.929 bits per heavy atom. The summed E-state index contributed by atoms with van der Waals surface area (Å²) in [6, 6.07) is 13.3. The van der Waals surface area contributed by atoms with Gasteiger partial charge in [-0.25, -0.2) is 0 Å². The third-order valence-electron chi connectivity index (χ3n) is 2.06. The Bertz CT molecular complexity index is 437. The third-order valence-corrected chi connectivity index (χ3v) is 2.06. The van der Waals surface area contributed by atoms with Crippen molar-refractivity contribution in [2.45, 2.75) is 0 Å². The van der Waals surface area contributed by atoms with Crippen molar-refractivity contribution in [2.75, 3.05) is 0 Å². The maximum atomic E-state index is 10.8. The number of aromatic nitrogens is 1. The van der Waals surface area contributed by atoms with Crippen LogP contribution < -0.4 is 4.57 Å². The van der Waals surface area contributed by atoms with Crippen LogP contribution in [0.4, 0.5) is 0 Å². The van der Waals surface area contributed by atoms with Crippen LogP contribution in [0, 0.1) is 0 Å². The molecule has 0 unspecified atom stereocenters. The lowest BCUT2D eigenvalue weighted by Crippen LogP contribution is -2.30. The zero-order valence-corrected chi connectivity index (χ0v) is 7.63. The molecule has 2 heteroatoms. The number of hydrogen-bond acceptors (Lipinski definition) is 1. The molecule has 2 rings (SSSR count). The minimum Gasteiger partial charge on any atom is -0.298 e. The van der Waals surface area contributed by atoms with Crippen molar-refractivity contribution in [1.82, 2.24) is 0 Å². The first-order chi connectivity index (χ1) is 6.92. The first-order valence-electron chi connectivity index (χ1n) is 4.43. The van der Waals surface area contributed by atoms with Gasteiger partial charge in [0.1, 0.15) is 0 Å². The summed E-state index contributed by atoms with van der Waals surface area (Å²) < 4.78 is 1.92. The lowest BCUT2D eigenvalue weighted by atomic mass is 10.2. The predicted octanol–water partition coefficient (Wildman–Crippen LogP) is 1.78. The van der Waals surface area contributed by atoms with E-state index >= 15 is 0 Å². The average Bonchev–Trinajstić information content (AvgIpc) is 2.30. The van der Waals surface area contributed by atoms with Crippen LogP contribution in [-0.2, 0) is 0 Å². The highest BCUT2D eigenvalue weighted by molar-refractivity contribution is 5.79. The Balaban J connectivity index is 2.57. The SMILES string of the molecule is O=Cc1ccccc1-[n+]1ccccc1. The van der Waals surface area contributed by atoms with Gasteiger partial charge >= 0.3 is 0 Å². The predicted molar refractivity (Wildman–Crippen MR) is 53.4 cm³/mol. The number of carbonyl (C=O) groups excluding carboxylic acids is 1. The van der Waals surface area contributed by atoms with Crippen LogP contribution >= 0.6 is 0 Å². The second kappa shape index (κ2) is 3.83. The van der Waals surface area contributed by atoms with Gasteiger partial charge in [0, 0.05) is 18.2 Å². The van der Waals surface area contributed by atoms with Gasteiger partial charge in [-0.15, -0.1) is 0 Å². The Morgan fingerprint density at radius 3 is 2.36 bits per heavy atom. The van der Waals surface area contributed by atoms with Crippen LogP contribution in [0.15, 0.2) is 54.9 Å². The van der Waals surface area contributed by atoms with Crippen molar-refractivity contribution in [3.05, 3.63) is 60.4 Å². The van der Waals surface area contributed by atoms with E-state index in [1.165, 1.54) is 0 Å². The minimum atomic E-state index is 0.698. The molecule has 0 aliphatic rings. The van der Waals surface area contributed by atoms with Crippen LogP contribution in [0.2, 0.25) is 0 Å². The molecule has 0 aliphatic carbocycles. The molecule has 1 aromatic carbocycles. The summed E-state index contributed by atoms with van der Waals surface area (Å²) in [5.74, 6) is 0. The summed E-state index contributed by atoms with van der Waals surface area (Å²) in [4.78, 5) is 10.8. The lowest BCUT2D eigenvalue weighted by Gasteiger charge is -1.96. The zero-order chi connectivity index (χ0) is 9.80. The van der Waals surface area contributed by atoms with Gasteiger partial charge in [-0.3, -0.25) is 4.79 Å². The van der Waals surface area contributed by atoms with Gasteiger partial charge < -0.3 is 0 Å². The van der Waals surface area contributed by atoms with E-state index < -0.39 is 0 Å². The van der Waals surface area contributed by atoms with E-state index in [0.717, 1.165) is 12.0 Å². The number of aldehydes is 1. The van der Waals surface area contributed by atoms with Gasteiger partial charge in [0.05, 0.1) is 5.56 Å². The Kier molecular flexibility index (Phi) is 2.36. The van der Waals surface area contributed by atoms with Crippen LogP contribution in [-0.4, -0.2) is 6.29 Å². The maximum absolute atomic E-state index is 10.8. The van der Waals surface area contributed by atoms with Crippen LogP contribution in [0.25, 0.3) is 5.69 Å². The summed E-state index contributed by atoms with van der Waals surface area (Å²) in [6.07, 6.45) is 4.71. The Hall–Kier alpha value is -1.96. The third kappa shape index (κ3) is 1.55. The number of carbonyl (C=O) groups is 1. The molecule has 0 saturated carbocycles. The Morgan fingerprint density at radius 2 is 1.64 bits per heavy atom. The Labute approximate surface area is 82.4 Å². The second-order valence-corrected chi connectivity index (χ2v) is 2.96. The summed E-state index contributed by atoms with van der Waals surface area (Å²) in [5, 5.41) is 0. The van der Waals surface area contributed by atoms with Gasteiger partial charge in [0.25, 0.3) is 0 Å². The highest BCUT2D eigenvalue weighted by atomic mass is 16.1. The molecule has 14 heavy (non-hydrogen) atoms. The highest BCUT2D eigenvalue weighted by Gasteiger charge is 2.08. The summed E-state index contributed by atoms with van der Waals surface area (Å²) >= 11 is 0. The molecule has 0 N–H and O–H groups in total. The van der Waals surface area contributed by atoms with Crippen LogP contribution in [0.1, 0.15) is 10.4 Å². The molecule has 0 bridgehead atoms. The number of rotatable bonds is 2. The smallest absolute Gasteiger partial charge is 0.221 e. The molecule has 0 radical (unpaired) electrons. The quantitative estimate of drug-likeness (QED) is 0.514. The van der Waals surface area contributed by atoms with Gasteiger partial charge in [-0.1, -0.05) is 18.2 Å². The molecule has 0 amide bonds. The molecule has 0 saturated heterocycles. The maximum Gasteiger partial charge on any atom is 0.221 e. The number of benzene rings is 1. The largest absolute Gasteiger partial charge is 0.298 e. The zero-order valence-electron chi connectivity index (χ0n) is 7.63. The normalized spacial score (nSPS) is 9.71. The first kappa shape index (κ1) is 8.63. The van der Waals surface area contributed by atoms with Gasteiger partial charge in [-0.05, 0) is 6.07 Å². The standard InChI is InChI=1S/C12H10NO/c14-10-11-6-2-3-7-12(11)13-8-4-1-5-9-13/h1-10H/q+1. The van der Waals surface area contributed by atoms with Crippen molar-refractivity contribution >= 4 is 6.29 Å². The van der Waals surface area contributed by atoms with Crippen molar-refractivity contribution in [1.29, 1.82) is 0 Å². The summed E-state index contributed by atoms with van der Waals surface area (Å²) in [6.45, 7) is 0. The summed E-state index contributed by atoms with van der Waals surface area (Å²) in [5.41, 5.74) is 1.60. The molecule has 0 atom stereocenters. The molecule has 0 fully saturated rings. The molecule has 68 valence electrons. The molecule has 0 aliphatic heterocycles. The van der Waals surface area contributed by atoms with Crippen molar-refractivity contribution in [3.8, 4) is 5.69 Å². The van der Waals surface area contributed by atoms with Crippen molar-refractivity contribution in [2.24, 2.45) is 0 Å². The van der Waals surface area contributed by atoms with E-state index in [2.05, 4.69) is 0 Å². The molecule has 2 nitrogen and oxygen atoms in total. The first-order valence-corrected chi connectivity index (χ1v) is 4.43. The van der Waals surface area contributed by atoms with Gasteiger partial charge in [0.2, 0.25) is 5.69 Å². The number of pyridine rings is 1. The summed E-state index contributed by atoms with van der Waals surface area (Å²) in [7, 11) is 0. The molecular weight excluding hydrogens is 174 g/mol. The van der Waals surface area contributed by atoms with Gasteiger partial charge in [-0.2, -0.15) is 4.57 Å². The number of para-hydroxylation sites is 1. The molecule has 0 spiro atoms. The van der Waals surface area contributed by atoms with E-state index in [9.17, 15) is 4.79 Å². The van der Waals surface area contributed by atoms with E-state index in [4.69, 9.17) is 0 Å². The van der Waals surface area contributed by atoms with Gasteiger partial charge in [0.15, 0.2) is 18.7 Å². The fraction of sp³-hybridized carbons (Fsp3) is 0. The molecule has 1 aromatic heterocycles. The molecular formula is C12H10NO+. The van der Waals surface area contributed by atoms with Crippen LogP contribution in [0.3, 0.4) is 0 Å². The van der Waals surface area contributed by atoms with Crippen molar-refractivity contribution in [3.63, 3.8) is 0 Å². The van der Waals surface area contributed by atoms with Crippen LogP contribution in [0.5, 0.6) is 0 Å². The van der Waals surface area contributed by atoms with E-state index in [1.807, 2.05) is 59.4 Å². The van der Waals surface area contributed by atoms with E-state index in [1.54, 1.807) is 0 Å². The van der Waals surface area contributed by atoms with E-state index in [-0.39, 0.29) is 0 Å². The van der Waals surface area contributed by atoms with Crippen molar-refractivity contribution < 1.29 is 9.36 Å². The minimum absolute atomic E-state index is 0.698. The second-order valence-electron chi connectivity index (χ2n) is 2.96. The molecule has 1 heterocycles. The number of hydrogen-bond donors (Lipinski definition) is 0. The fourth-order valence-electron chi connectivity index (χ4n) is 1.38. The molecule has 2 aromatic rings. The number of nitrogens with zero attached hydrogens (tertiary/aromatic N) is 1. The topological polar surface area (TPSA) is 20.9 Å². The highest BCUT2D eigenvalue weighted by Crippen LogP contribution is 2.04. The lowest BCUT2D eigenvalue weighted by molar-refractivity contribution is -0.595. The monoisotopic (exact) mass is 184 g/mol. The van der Waals surface area contributed by atoms with E-state index in [0.29, 0.717) is 5.56 Å². The fourth-order valence-corrected chi connectivity index (χ4v) is 1.38. The average molecular weight is 184 g/mol.